The summed E-state index contributed by atoms with van der Waals surface area (Å²) in [7, 11) is 1.98. The van der Waals surface area contributed by atoms with E-state index in [1.54, 1.807) is 22.9 Å². The standard InChI is InChI=1S/C21H24FN7O/c1-27(15-3-2-10-28(13-15)20(30)21(23)7-8-21)18-6-9-24-19(26-18)16-11-25-17-5-4-14(22)12-29(16)17/h4-6,9,11-12,15H,2-3,7-8,10,13,23H2,1H3/t15-/m1/s1. The van der Waals surface area contributed by atoms with Crippen molar-refractivity contribution in [3.8, 4) is 11.5 Å². The maximum atomic E-state index is 13.7. The summed E-state index contributed by atoms with van der Waals surface area (Å²) in [6, 6.07) is 4.99. The summed E-state index contributed by atoms with van der Waals surface area (Å²) in [4.78, 5) is 30.0. The van der Waals surface area contributed by atoms with E-state index < -0.39 is 5.54 Å². The molecule has 2 N–H and O–H groups in total. The Bertz CT molecular complexity index is 1110. The number of likely N-dealkylation sites (tertiary alicyclic amines) is 1. The summed E-state index contributed by atoms with van der Waals surface area (Å²) >= 11 is 0. The molecule has 4 heterocycles. The van der Waals surface area contributed by atoms with Gasteiger partial charge in [-0.3, -0.25) is 9.20 Å². The molecule has 1 saturated heterocycles. The number of anilines is 1. The molecule has 0 unspecified atom stereocenters. The van der Waals surface area contributed by atoms with E-state index in [-0.39, 0.29) is 17.8 Å². The van der Waals surface area contributed by atoms with E-state index in [2.05, 4.69) is 14.9 Å². The molecule has 3 aromatic heterocycles. The zero-order chi connectivity index (χ0) is 20.9. The molecule has 0 aromatic carbocycles. The van der Waals surface area contributed by atoms with Crippen LogP contribution in [0.1, 0.15) is 25.7 Å². The van der Waals surface area contributed by atoms with Crippen LogP contribution < -0.4 is 10.6 Å². The highest BCUT2D eigenvalue weighted by molar-refractivity contribution is 5.89. The number of nitrogens with two attached hydrogens (primary N) is 1. The smallest absolute Gasteiger partial charge is 0.242 e. The van der Waals surface area contributed by atoms with Crippen molar-refractivity contribution in [1.29, 1.82) is 0 Å². The fraction of sp³-hybridized carbons (Fsp3) is 0.429. The zero-order valence-electron chi connectivity index (χ0n) is 16.8. The molecule has 156 valence electrons. The second kappa shape index (κ2) is 7.02. The Morgan fingerprint density at radius 3 is 2.93 bits per heavy atom. The first kappa shape index (κ1) is 18.9. The Labute approximate surface area is 173 Å². The number of hydrogen-bond acceptors (Lipinski definition) is 6. The molecular formula is C21H24FN7O. The van der Waals surface area contributed by atoms with E-state index in [1.807, 2.05) is 18.0 Å². The number of pyridine rings is 1. The number of imidazole rings is 1. The fourth-order valence-corrected chi connectivity index (χ4v) is 4.09. The first-order valence-corrected chi connectivity index (χ1v) is 10.2. The van der Waals surface area contributed by atoms with Gasteiger partial charge in [0.15, 0.2) is 5.82 Å². The molecule has 1 aliphatic heterocycles. The number of aromatic nitrogens is 4. The summed E-state index contributed by atoms with van der Waals surface area (Å²) in [5.41, 5.74) is 6.74. The molecule has 3 aromatic rings. The maximum Gasteiger partial charge on any atom is 0.242 e. The molecule has 1 amide bonds. The van der Waals surface area contributed by atoms with Crippen molar-refractivity contribution >= 4 is 17.4 Å². The van der Waals surface area contributed by atoms with Gasteiger partial charge < -0.3 is 15.5 Å². The molecule has 1 saturated carbocycles. The van der Waals surface area contributed by atoms with Crippen molar-refractivity contribution < 1.29 is 9.18 Å². The number of amides is 1. The van der Waals surface area contributed by atoms with Gasteiger partial charge in [-0.25, -0.2) is 19.3 Å². The van der Waals surface area contributed by atoms with Gasteiger partial charge in [0.05, 0.1) is 11.7 Å². The lowest BCUT2D eigenvalue weighted by atomic mass is 10.0. The number of carbonyl (C=O) groups excluding carboxylic acids is 1. The number of piperidine rings is 1. The van der Waals surface area contributed by atoms with Crippen molar-refractivity contribution in [2.45, 2.75) is 37.3 Å². The van der Waals surface area contributed by atoms with Crippen LogP contribution in [0.5, 0.6) is 0 Å². The lowest BCUT2D eigenvalue weighted by molar-refractivity contribution is -0.134. The van der Waals surface area contributed by atoms with Crippen molar-refractivity contribution in [2.24, 2.45) is 5.73 Å². The van der Waals surface area contributed by atoms with Crippen LogP contribution in [0, 0.1) is 5.82 Å². The number of rotatable bonds is 4. The van der Waals surface area contributed by atoms with Crippen molar-refractivity contribution in [2.75, 3.05) is 25.0 Å². The number of halogens is 1. The van der Waals surface area contributed by atoms with E-state index >= 15 is 0 Å². The molecule has 9 heteroatoms. The summed E-state index contributed by atoms with van der Waals surface area (Å²) < 4.78 is 15.4. The number of carbonyl (C=O) groups is 1. The van der Waals surface area contributed by atoms with Crippen molar-refractivity contribution in [3.63, 3.8) is 0 Å². The highest BCUT2D eigenvalue weighted by Gasteiger charge is 2.48. The van der Waals surface area contributed by atoms with Crippen LogP contribution >= 0.6 is 0 Å². The van der Waals surface area contributed by atoms with Gasteiger partial charge in [-0.15, -0.1) is 0 Å². The third-order valence-corrected chi connectivity index (χ3v) is 6.15. The summed E-state index contributed by atoms with van der Waals surface area (Å²) in [6.07, 6.45) is 8.17. The number of fused-ring (bicyclic) bond motifs is 1. The van der Waals surface area contributed by atoms with Gasteiger partial charge in [-0.2, -0.15) is 0 Å². The van der Waals surface area contributed by atoms with Crippen LogP contribution in [0.4, 0.5) is 10.2 Å². The molecule has 2 aliphatic rings. The zero-order valence-corrected chi connectivity index (χ0v) is 16.8. The molecular weight excluding hydrogens is 385 g/mol. The minimum Gasteiger partial charge on any atom is -0.355 e. The van der Waals surface area contributed by atoms with Crippen molar-refractivity contribution in [3.05, 3.63) is 42.6 Å². The lowest BCUT2D eigenvalue weighted by Crippen LogP contribution is -2.54. The fourth-order valence-electron chi connectivity index (χ4n) is 4.09. The van der Waals surface area contributed by atoms with Gasteiger partial charge in [0.2, 0.25) is 5.91 Å². The first-order chi connectivity index (χ1) is 14.4. The van der Waals surface area contributed by atoms with E-state index in [0.29, 0.717) is 23.7 Å². The van der Waals surface area contributed by atoms with E-state index in [0.717, 1.165) is 38.0 Å². The predicted octanol–water partition coefficient (Wildman–Crippen LogP) is 1.85. The van der Waals surface area contributed by atoms with Gasteiger partial charge in [-0.05, 0) is 43.9 Å². The summed E-state index contributed by atoms with van der Waals surface area (Å²) in [5.74, 6) is 0.937. The monoisotopic (exact) mass is 409 g/mol. The molecule has 5 rings (SSSR count). The average Bonchev–Trinajstić information content (AvgIpc) is 3.39. The third kappa shape index (κ3) is 3.28. The Balaban J connectivity index is 1.39. The van der Waals surface area contributed by atoms with Crippen LogP contribution in [0.3, 0.4) is 0 Å². The summed E-state index contributed by atoms with van der Waals surface area (Å²) in [6.45, 7) is 1.39. The second-order valence-electron chi connectivity index (χ2n) is 8.27. The van der Waals surface area contributed by atoms with E-state index in [9.17, 15) is 9.18 Å². The molecule has 0 spiro atoms. The average molecular weight is 409 g/mol. The van der Waals surface area contributed by atoms with Gasteiger partial charge >= 0.3 is 0 Å². The van der Waals surface area contributed by atoms with Crippen LogP contribution in [0.15, 0.2) is 36.8 Å². The number of hydrogen-bond donors (Lipinski definition) is 1. The Morgan fingerprint density at radius 1 is 1.30 bits per heavy atom. The third-order valence-electron chi connectivity index (χ3n) is 6.15. The van der Waals surface area contributed by atoms with Gasteiger partial charge in [0.25, 0.3) is 0 Å². The van der Waals surface area contributed by atoms with Crippen LogP contribution in [0.2, 0.25) is 0 Å². The SMILES string of the molecule is CN(c1ccnc(-c2cnc3ccc(F)cn23)n1)[C@@H]1CCCN(C(=O)C2(N)CC2)C1. The molecule has 0 radical (unpaired) electrons. The molecule has 0 bridgehead atoms. The van der Waals surface area contributed by atoms with E-state index in [1.165, 1.54) is 12.3 Å². The normalized spacial score (nSPS) is 20.4. The Hall–Kier alpha value is -3.07. The van der Waals surface area contributed by atoms with Crippen LogP contribution in [0.25, 0.3) is 17.2 Å². The molecule has 1 aliphatic carbocycles. The van der Waals surface area contributed by atoms with Gasteiger partial charge in [0.1, 0.15) is 23.0 Å². The summed E-state index contributed by atoms with van der Waals surface area (Å²) in [5, 5.41) is 0. The highest BCUT2D eigenvalue weighted by Crippen LogP contribution is 2.35. The molecule has 8 nitrogen and oxygen atoms in total. The topological polar surface area (TPSA) is 92.7 Å². The van der Waals surface area contributed by atoms with Crippen LogP contribution in [-0.4, -0.2) is 61.9 Å². The Morgan fingerprint density at radius 2 is 2.13 bits per heavy atom. The number of nitrogens with zero attached hydrogens (tertiary/aromatic N) is 6. The lowest BCUT2D eigenvalue weighted by Gasteiger charge is -2.39. The first-order valence-electron chi connectivity index (χ1n) is 10.2. The van der Waals surface area contributed by atoms with Gasteiger partial charge in [-0.1, -0.05) is 0 Å². The minimum absolute atomic E-state index is 0.0664. The quantitative estimate of drug-likeness (QED) is 0.707. The molecule has 2 fully saturated rings. The molecule has 30 heavy (non-hydrogen) atoms. The maximum absolute atomic E-state index is 13.7. The Kier molecular flexibility index (Phi) is 4.43. The number of likely N-dealkylation sites (N-methyl/N-ethyl adjacent to an activating group) is 1. The van der Waals surface area contributed by atoms with Crippen LogP contribution in [-0.2, 0) is 4.79 Å². The minimum atomic E-state index is -0.638. The second-order valence-corrected chi connectivity index (χ2v) is 8.27. The van der Waals surface area contributed by atoms with Crippen molar-refractivity contribution in [1.82, 2.24) is 24.3 Å². The largest absolute Gasteiger partial charge is 0.355 e. The van der Waals surface area contributed by atoms with Gasteiger partial charge in [0, 0.05) is 38.6 Å². The molecule has 1 atom stereocenters. The highest BCUT2D eigenvalue weighted by atomic mass is 19.1. The predicted molar refractivity (Wildman–Crippen MR) is 110 cm³/mol. The van der Waals surface area contributed by atoms with E-state index in [4.69, 9.17) is 10.7 Å².